The molecule has 1 saturated heterocycles. The number of non-ortho nitro benzene ring substituents is 1. The maximum Gasteiger partial charge on any atom is 0.269 e. The summed E-state index contributed by atoms with van der Waals surface area (Å²) in [5, 5.41) is 17.6. The zero-order valence-electron chi connectivity index (χ0n) is 16.1. The van der Waals surface area contributed by atoms with Crippen LogP contribution in [0, 0.1) is 10.1 Å². The Kier molecular flexibility index (Phi) is 10.3. The van der Waals surface area contributed by atoms with Crippen LogP contribution in [0.15, 0.2) is 41.4 Å². The van der Waals surface area contributed by atoms with Crippen molar-refractivity contribution in [3.8, 4) is 0 Å². The second-order valence-corrected chi connectivity index (χ2v) is 6.77. The Morgan fingerprint density at radius 2 is 2.11 bits per heavy atom. The largest absolute Gasteiger partial charge is 0.357 e. The van der Waals surface area contributed by atoms with E-state index in [0.29, 0.717) is 12.6 Å². The van der Waals surface area contributed by atoms with Crippen LogP contribution in [-0.4, -0.2) is 48.0 Å². The van der Waals surface area contributed by atoms with E-state index >= 15 is 0 Å². The summed E-state index contributed by atoms with van der Waals surface area (Å²) in [6, 6.07) is 7.01. The van der Waals surface area contributed by atoms with Crippen LogP contribution in [0.2, 0.25) is 0 Å². The van der Waals surface area contributed by atoms with Crippen molar-refractivity contribution >= 4 is 35.6 Å². The lowest BCUT2D eigenvalue weighted by molar-refractivity contribution is -0.384. The van der Waals surface area contributed by atoms with Gasteiger partial charge in [0.05, 0.1) is 11.5 Å². The lowest BCUT2D eigenvalue weighted by atomic mass is 10.0. The number of nitrogens with one attached hydrogen (secondary N) is 2. The number of benzene rings is 1. The highest BCUT2D eigenvalue weighted by molar-refractivity contribution is 14.0. The summed E-state index contributed by atoms with van der Waals surface area (Å²) in [6.45, 7) is 12.3. The average molecular weight is 487 g/mol. The van der Waals surface area contributed by atoms with Gasteiger partial charge in [-0.3, -0.25) is 15.0 Å². The Bertz CT molecular complexity index is 657. The van der Waals surface area contributed by atoms with Crippen molar-refractivity contribution in [2.45, 2.75) is 39.3 Å². The third-order valence-corrected chi connectivity index (χ3v) is 4.31. The summed E-state index contributed by atoms with van der Waals surface area (Å²) in [5.41, 5.74) is 2.12. The molecule has 7 nitrogen and oxygen atoms in total. The van der Waals surface area contributed by atoms with E-state index in [9.17, 15) is 10.1 Å². The summed E-state index contributed by atoms with van der Waals surface area (Å²) in [6.07, 6.45) is 2.13. The molecule has 0 saturated carbocycles. The molecule has 2 N–H and O–H groups in total. The molecule has 0 aliphatic carbocycles. The first-order chi connectivity index (χ1) is 12.5. The number of nitro benzene ring substituents is 1. The van der Waals surface area contributed by atoms with E-state index in [0.717, 1.165) is 50.5 Å². The maximum atomic E-state index is 10.9. The third-order valence-electron chi connectivity index (χ3n) is 4.31. The molecule has 1 aromatic rings. The quantitative estimate of drug-likeness (QED) is 0.154. The fourth-order valence-corrected chi connectivity index (χ4v) is 3.07. The first kappa shape index (κ1) is 23.4. The monoisotopic (exact) mass is 487 g/mol. The van der Waals surface area contributed by atoms with Crippen molar-refractivity contribution in [1.82, 2.24) is 15.5 Å². The Labute approximate surface area is 178 Å². The van der Waals surface area contributed by atoms with Crippen molar-refractivity contribution in [3.05, 3.63) is 52.1 Å². The fourth-order valence-electron chi connectivity index (χ4n) is 3.07. The van der Waals surface area contributed by atoms with Gasteiger partial charge in [-0.1, -0.05) is 24.3 Å². The second kappa shape index (κ2) is 11.9. The van der Waals surface area contributed by atoms with E-state index in [1.807, 2.05) is 13.0 Å². The zero-order valence-corrected chi connectivity index (χ0v) is 18.4. The highest BCUT2D eigenvalue weighted by atomic mass is 127. The lowest BCUT2D eigenvalue weighted by Gasteiger charge is -2.33. The molecule has 150 valence electrons. The van der Waals surface area contributed by atoms with Gasteiger partial charge in [0.2, 0.25) is 0 Å². The molecule has 1 aliphatic rings. The summed E-state index contributed by atoms with van der Waals surface area (Å²) in [4.78, 5) is 17.5. The van der Waals surface area contributed by atoms with E-state index in [4.69, 9.17) is 0 Å². The van der Waals surface area contributed by atoms with Crippen molar-refractivity contribution in [2.75, 3.05) is 26.2 Å². The molecule has 8 heteroatoms. The molecule has 0 radical (unpaired) electrons. The second-order valence-electron chi connectivity index (χ2n) is 6.77. The number of aliphatic imine (C=N–C) groups is 1. The standard InChI is InChI=1S/C19H29N5O2.HI/c1-4-20-19(21-13-16-6-5-7-18(12-16)24(25)26)22-17-8-10-23(11-9-17)14-15(2)3;/h5-7,12,17H,2,4,8-11,13-14H2,1,3H3,(H2,20,21,22);1H. The van der Waals surface area contributed by atoms with Gasteiger partial charge < -0.3 is 10.6 Å². The first-order valence-corrected chi connectivity index (χ1v) is 9.13. The molecule has 1 aliphatic heterocycles. The van der Waals surface area contributed by atoms with Crippen molar-refractivity contribution < 1.29 is 4.92 Å². The SMILES string of the molecule is C=C(C)CN1CCC(NC(=NCc2cccc([N+](=O)[O-])c2)NCC)CC1.I. The van der Waals surface area contributed by atoms with Crippen LogP contribution in [0.4, 0.5) is 5.69 Å². The number of piperidine rings is 1. The van der Waals surface area contributed by atoms with E-state index in [1.165, 1.54) is 11.6 Å². The summed E-state index contributed by atoms with van der Waals surface area (Å²) >= 11 is 0. The zero-order chi connectivity index (χ0) is 18.9. The highest BCUT2D eigenvalue weighted by Crippen LogP contribution is 2.14. The van der Waals surface area contributed by atoms with Crippen LogP contribution in [0.3, 0.4) is 0 Å². The van der Waals surface area contributed by atoms with Crippen LogP contribution in [0.1, 0.15) is 32.3 Å². The van der Waals surface area contributed by atoms with Gasteiger partial charge in [-0.05, 0) is 32.3 Å². The van der Waals surface area contributed by atoms with Gasteiger partial charge in [-0.15, -0.1) is 24.0 Å². The molecule has 0 unspecified atom stereocenters. The molecule has 0 aromatic heterocycles. The fraction of sp³-hybridized carbons (Fsp3) is 0.526. The number of nitrogens with zero attached hydrogens (tertiary/aromatic N) is 3. The predicted octanol–water partition coefficient (Wildman–Crippen LogP) is 3.31. The number of guanidine groups is 1. The van der Waals surface area contributed by atoms with Gasteiger partial charge >= 0.3 is 0 Å². The summed E-state index contributed by atoms with van der Waals surface area (Å²) < 4.78 is 0. The molecule has 0 spiro atoms. The molecule has 0 bridgehead atoms. The molecular formula is C19H30IN5O2. The van der Waals surface area contributed by atoms with E-state index in [2.05, 4.69) is 34.0 Å². The number of nitro groups is 1. The Balaban J connectivity index is 0.00000364. The van der Waals surface area contributed by atoms with Gasteiger partial charge in [0, 0.05) is 44.4 Å². The van der Waals surface area contributed by atoms with E-state index in [-0.39, 0.29) is 34.6 Å². The number of likely N-dealkylation sites (tertiary alicyclic amines) is 1. The first-order valence-electron chi connectivity index (χ1n) is 9.13. The molecule has 1 fully saturated rings. The van der Waals surface area contributed by atoms with Gasteiger partial charge in [-0.25, -0.2) is 4.99 Å². The highest BCUT2D eigenvalue weighted by Gasteiger charge is 2.19. The topological polar surface area (TPSA) is 82.8 Å². The van der Waals surface area contributed by atoms with Gasteiger partial charge in [0.15, 0.2) is 5.96 Å². The van der Waals surface area contributed by atoms with Crippen molar-refractivity contribution in [1.29, 1.82) is 0 Å². The van der Waals surface area contributed by atoms with Crippen LogP contribution in [0.5, 0.6) is 0 Å². The smallest absolute Gasteiger partial charge is 0.269 e. The Hall–Kier alpha value is -1.68. The molecule has 27 heavy (non-hydrogen) atoms. The molecular weight excluding hydrogens is 457 g/mol. The predicted molar refractivity (Wildman–Crippen MR) is 121 cm³/mol. The van der Waals surface area contributed by atoms with Crippen LogP contribution < -0.4 is 10.6 Å². The minimum atomic E-state index is -0.380. The van der Waals surface area contributed by atoms with E-state index in [1.54, 1.807) is 12.1 Å². The number of hydrogen-bond acceptors (Lipinski definition) is 4. The molecule has 1 aromatic carbocycles. The third kappa shape index (κ3) is 8.25. The van der Waals surface area contributed by atoms with Crippen LogP contribution >= 0.6 is 24.0 Å². The minimum absolute atomic E-state index is 0. The summed E-state index contributed by atoms with van der Waals surface area (Å²) in [7, 11) is 0. The lowest BCUT2D eigenvalue weighted by Crippen LogP contribution is -2.48. The normalized spacial score (nSPS) is 15.7. The number of hydrogen-bond donors (Lipinski definition) is 2. The average Bonchev–Trinajstić information content (AvgIpc) is 2.61. The minimum Gasteiger partial charge on any atom is -0.357 e. The molecule has 0 amide bonds. The Morgan fingerprint density at radius 1 is 1.41 bits per heavy atom. The van der Waals surface area contributed by atoms with Gasteiger partial charge in [0.1, 0.15) is 0 Å². The summed E-state index contributed by atoms with van der Waals surface area (Å²) in [5.74, 6) is 0.761. The van der Waals surface area contributed by atoms with Gasteiger partial charge in [-0.2, -0.15) is 0 Å². The Morgan fingerprint density at radius 3 is 2.70 bits per heavy atom. The van der Waals surface area contributed by atoms with Gasteiger partial charge in [0.25, 0.3) is 5.69 Å². The van der Waals surface area contributed by atoms with Crippen LogP contribution in [-0.2, 0) is 6.54 Å². The molecule has 2 rings (SSSR count). The maximum absolute atomic E-state index is 10.9. The van der Waals surface area contributed by atoms with E-state index < -0.39 is 0 Å². The number of halogens is 1. The van der Waals surface area contributed by atoms with Crippen molar-refractivity contribution in [2.24, 2.45) is 4.99 Å². The molecule has 1 heterocycles. The molecule has 0 atom stereocenters. The van der Waals surface area contributed by atoms with Crippen molar-refractivity contribution in [3.63, 3.8) is 0 Å². The number of rotatable bonds is 7. The van der Waals surface area contributed by atoms with Crippen LogP contribution in [0.25, 0.3) is 0 Å².